The molecule has 1 aromatic carbocycles. The normalized spacial score (nSPS) is 20.0. The summed E-state index contributed by atoms with van der Waals surface area (Å²) in [5.41, 5.74) is 0.951. The summed E-state index contributed by atoms with van der Waals surface area (Å²) in [5, 5.41) is 3.04. The standard InChI is InChI=1S/C14H21BrN2O3S/c1-16-8-11-3-4-13(15)14(7-11)21(18,19)17-6-5-12(9-17)10-20-2/h3-4,7,12,16H,5-6,8-10H2,1-2H3. The van der Waals surface area contributed by atoms with Gasteiger partial charge in [-0.05, 0) is 53.0 Å². The maximum atomic E-state index is 12.8. The molecule has 0 bridgehead atoms. The predicted molar refractivity (Wildman–Crippen MR) is 85.6 cm³/mol. The average Bonchev–Trinajstić information content (AvgIpc) is 2.91. The minimum atomic E-state index is -3.46. The van der Waals surface area contributed by atoms with Crippen LogP contribution in [0.4, 0.5) is 0 Å². The van der Waals surface area contributed by atoms with Gasteiger partial charge in [0.25, 0.3) is 0 Å². The molecule has 1 fully saturated rings. The molecule has 1 aromatic rings. The van der Waals surface area contributed by atoms with Gasteiger partial charge < -0.3 is 10.1 Å². The minimum absolute atomic E-state index is 0.282. The summed E-state index contributed by atoms with van der Waals surface area (Å²) in [6.07, 6.45) is 0.848. The third-order valence-corrected chi connectivity index (χ3v) is 6.50. The van der Waals surface area contributed by atoms with Gasteiger partial charge in [0.15, 0.2) is 0 Å². The van der Waals surface area contributed by atoms with Gasteiger partial charge in [-0.15, -0.1) is 0 Å². The zero-order chi connectivity index (χ0) is 15.5. The van der Waals surface area contributed by atoms with Crippen LogP contribution >= 0.6 is 15.9 Å². The lowest BCUT2D eigenvalue weighted by Gasteiger charge is -2.18. The second-order valence-electron chi connectivity index (χ2n) is 5.27. The van der Waals surface area contributed by atoms with Gasteiger partial charge in [-0.2, -0.15) is 4.31 Å². The van der Waals surface area contributed by atoms with Crippen molar-refractivity contribution in [2.24, 2.45) is 5.92 Å². The number of nitrogens with zero attached hydrogens (tertiary/aromatic N) is 1. The van der Waals surface area contributed by atoms with Crippen LogP contribution in [-0.2, 0) is 21.3 Å². The van der Waals surface area contributed by atoms with Crippen molar-refractivity contribution < 1.29 is 13.2 Å². The first-order chi connectivity index (χ1) is 9.98. The predicted octanol–water partition coefficient (Wildman–Crippen LogP) is 1.83. The lowest BCUT2D eigenvalue weighted by molar-refractivity contribution is 0.157. The second kappa shape index (κ2) is 7.19. The Balaban J connectivity index is 2.25. The van der Waals surface area contributed by atoms with Gasteiger partial charge in [0.1, 0.15) is 0 Å². The first-order valence-corrected chi connectivity index (χ1v) is 9.14. The molecule has 0 radical (unpaired) electrons. The molecular formula is C14H21BrN2O3S. The van der Waals surface area contributed by atoms with E-state index >= 15 is 0 Å². The van der Waals surface area contributed by atoms with E-state index in [-0.39, 0.29) is 5.92 Å². The van der Waals surface area contributed by atoms with Crippen molar-refractivity contribution >= 4 is 26.0 Å². The van der Waals surface area contributed by atoms with Crippen LogP contribution in [0.3, 0.4) is 0 Å². The molecule has 1 saturated heterocycles. The zero-order valence-corrected chi connectivity index (χ0v) is 14.7. The van der Waals surface area contributed by atoms with Gasteiger partial charge >= 0.3 is 0 Å². The molecule has 1 unspecified atom stereocenters. The van der Waals surface area contributed by atoms with Gasteiger partial charge in [-0.3, -0.25) is 0 Å². The largest absolute Gasteiger partial charge is 0.384 e. The Morgan fingerprint density at radius 2 is 2.24 bits per heavy atom. The molecule has 0 aliphatic carbocycles. The van der Waals surface area contributed by atoms with E-state index in [1.807, 2.05) is 13.1 Å². The average molecular weight is 377 g/mol. The van der Waals surface area contributed by atoms with Crippen molar-refractivity contribution in [2.75, 3.05) is 33.9 Å². The quantitative estimate of drug-likeness (QED) is 0.822. The number of rotatable bonds is 6. The Kier molecular flexibility index (Phi) is 5.79. The molecule has 0 saturated carbocycles. The van der Waals surface area contributed by atoms with Crippen LogP contribution in [-0.4, -0.2) is 46.6 Å². The van der Waals surface area contributed by atoms with E-state index in [4.69, 9.17) is 4.74 Å². The van der Waals surface area contributed by atoms with Crippen molar-refractivity contribution in [1.82, 2.24) is 9.62 Å². The molecule has 1 N–H and O–H groups in total. The van der Waals surface area contributed by atoms with E-state index in [0.717, 1.165) is 12.0 Å². The van der Waals surface area contributed by atoms with Gasteiger partial charge in [0.2, 0.25) is 10.0 Å². The Labute approximate surface area is 134 Å². The smallest absolute Gasteiger partial charge is 0.244 e. The number of sulfonamides is 1. The highest BCUT2D eigenvalue weighted by atomic mass is 79.9. The van der Waals surface area contributed by atoms with Gasteiger partial charge in [0, 0.05) is 31.2 Å². The van der Waals surface area contributed by atoms with Gasteiger partial charge in [-0.25, -0.2) is 8.42 Å². The summed E-state index contributed by atoms with van der Waals surface area (Å²) in [6.45, 7) is 2.33. The Morgan fingerprint density at radius 1 is 1.48 bits per heavy atom. The Morgan fingerprint density at radius 3 is 2.90 bits per heavy atom. The highest BCUT2D eigenvalue weighted by Crippen LogP contribution is 2.30. The lowest BCUT2D eigenvalue weighted by Crippen LogP contribution is -2.29. The zero-order valence-electron chi connectivity index (χ0n) is 12.3. The van der Waals surface area contributed by atoms with Crippen molar-refractivity contribution in [1.29, 1.82) is 0 Å². The maximum absolute atomic E-state index is 12.8. The fourth-order valence-electron chi connectivity index (χ4n) is 2.59. The van der Waals surface area contributed by atoms with Crippen molar-refractivity contribution in [3.63, 3.8) is 0 Å². The van der Waals surface area contributed by atoms with Crippen molar-refractivity contribution in [3.8, 4) is 0 Å². The highest BCUT2D eigenvalue weighted by molar-refractivity contribution is 9.10. The summed E-state index contributed by atoms with van der Waals surface area (Å²) >= 11 is 3.36. The SMILES string of the molecule is CNCc1ccc(Br)c(S(=O)(=O)N2CCC(COC)C2)c1. The molecule has 0 aromatic heterocycles. The molecule has 118 valence electrons. The number of hydrogen-bond acceptors (Lipinski definition) is 4. The first kappa shape index (κ1) is 16.9. The van der Waals surface area contributed by atoms with Crippen molar-refractivity contribution in [3.05, 3.63) is 28.2 Å². The monoisotopic (exact) mass is 376 g/mol. The Bertz CT molecular complexity index is 592. The fourth-order valence-corrected chi connectivity index (χ4v) is 5.09. The molecule has 21 heavy (non-hydrogen) atoms. The molecule has 1 heterocycles. The second-order valence-corrected chi connectivity index (χ2v) is 8.03. The lowest BCUT2D eigenvalue weighted by atomic mass is 10.1. The molecule has 1 atom stereocenters. The van der Waals surface area contributed by atoms with Gasteiger partial charge in [0.05, 0.1) is 11.5 Å². The summed E-state index contributed by atoms with van der Waals surface area (Å²) in [5.74, 6) is 0.282. The van der Waals surface area contributed by atoms with E-state index in [9.17, 15) is 8.42 Å². The number of hydrogen-bond donors (Lipinski definition) is 1. The van der Waals surface area contributed by atoms with Crippen LogP contribution < -0.4 is 5.32 Å². The molecule has 1 aliphatic rings. The maximum Gasteiger partial charge on any atom is 0.244 e. The fraction of sp³-hybridized carbons (Fsp3) is 0.571. The van der Waals surface area contributed by atoms with E-state index in [1.54, 1.807) is 23.5 Å². The third-order valence-electron chi connectivity index (χ3n) is 3.65. The van der Waals surface area contributed by atoms with Crippen LogP contribution in [0, 0.1) is 5.92 Å². The molecule has 0 spiro atoms. The number of benzene rings is 1. The molecule has 1 aliphatic heterocycles. The van der Waals surface area contributed by atoms with E-state index in [2.05, 4.69) is 21.2 Å². The van der Waals surface area contributed by atoms with E-state index in [0.29, 0.717) is 35.6 Å². The van der Waals surface area contributed by atoms with Crippen LogP contribution in [0.5, 0.6) is 0 Å². The minimum Gasteiger partial charge on any atom is -0.384 e. The summed E-state index contributed by atoms with van der Waals surface area (Å²) in [6, 6.07) is 5.44. The number of ether oxygens (including phenoxy) is 1. The molecular weight excluding hydrogens is 356 g/mol. The summed E-state index contributed by atoms with van der Waals surface area (Å²) in [7, 11) is 0.0288. The van der Waals surface area contributed by atoms with E-state index < -0.39 is 10.0 Å². The molecule has 0 amide bonds. The topological polar surface area (TPSA) is 58.6 Å². The number of halogens is 1. The number of methoxy groups -OCH3 is 1. The van der Waals surface area contributed by atoms with Crippen molar-refractivity contribution in [2.45, 2.75) is 17.9 Å². The molecule has 2 rings (SSSR count). The van der Waals surface area contributed by atoms with Crippen LogP contribution in [0.2, 0.25) is 0 Å². The highest BCUT2D eigenvalue weighted by Gasteiger charge is 2.33. The van der Waals surface area contributed by atoms with Gasteiger partial charge in [-0.1, -0.05) is 6.07 Å². The summed E-state index contributed by atoms with van der Waals surface area (Å²) in [4.78, 5) is 0.341. The van der Waals surface area contributed by atoms with Crippen LogP contribution in [0.1, 0.15) is 12.0 Å². The van der Waals surface area contributed by atoms with E-state index in [1.165, 1.54) is 0 Å². The molecule has 5 nitrogen and oxygen atoms in total. The Hall–Kier alpha value is -0.470. The first-order valence-electron chi connectivity index (χ1n) is 6.91. The van der Waals surface area contributed by atoms with Crippen LogP contribution in [0.15, 0.2) is 27.6 Å². The third kappa shape index (κ3) is 3.84. The number of nitrogens with one attached hydrogen (secondary N) is 1. The molecule has 7 heteroatoms. The summed E-state index contributed by atoms with van der Waals surface area (Å²) < 4.78 is 32.9. The van der Waals surface area contributed by atoms with Crippen LogP contribution in [0.25, 0.3) is 0 Å².